The number of nitrogens with one attached hydrogen (secondary N) is 1. The van der Waals surface area contributed by atoms with Crippen LogP contribution in [0.2, 0.25) is 0 Å². The highest BCUT2D eigenvalue weighted by molar-refractivity contribution is 9.10. The highest BCUT2D eigenvalue weighted by Crippen LogP contribution is 2.33. The lowest BCUT2D eigenvalue weighted by atomic mass is 9.88. The highest BCUT2D eigenvalue weighted by atomic mass is 79.9. The van der Waals surface area contributed by atoms with Crippen molar-refractivity contribution in [3.63, 3.8) is 0 Å². The van der Waals surface area contributed by atoms with E-state index in [1.54, 1.807) is 0 Å². The van der Waals surface area contributed by atoms with Gasteiger partial charge in [-0.3, -0.25) is 0 Å². The van der Waals surface area contributed by atoms with Gasteiger partial charge in [0.15, 0.2) is 0 Å². The zero-order chi connectivity index (χ0) is 13.9. The minimum atomic E-state index is 0.455. The van der Waals surface area contributed by atoms with Gasteiger partial charge < -0.3 is 5.32 Å². The first kappa shape index (κ1) is 15.7. The molecule has 102 valence electrons. The van der Waals surface area contributed by atoms with Crippen LogP contribution in [0, 0.1) is 26.7 Å². The van der Waals surface area contributed by atoms with Crippen molar-refractivity contribution in [1.82, 2.24) is 5.32 Å². The molecule has 2 heteroatoms. The Bertz CT molecular complexity index is 412. The molecule has 0 fully saturated rings. The van der Waals surface area contributed by atoms with E-state index in [1.807, 2.05) is 0 Å². The zero-order valence-corrected chi connectivity index (χ0v) is 14.1. The summed E-state index contributed by atoms with van der Waals surface area (Å²) in [5.41, 5.74) is 5.58. The van der Waals surface area contributed by atoms with Gasteiger partial charge in [0.1, 0.15) is 0 Å². The van der Waals surface area contributed by atoms with Crippen LogP contribution in [0.15, 0.2) is 10.5 Å². The Morgan fingerprint density at radius 1 is 1.22 bits per heavy atom. The maximum Gasteiger partial charge on any atom is 0.0325 e. The minimum absolute atomic E-state index is 0.455. The quantitative estimate of drug-likeness (QED) is 0.800. The van der Waals surface area contributed by atoms with E-state index in [0.717, 1.165) is 5.92 Å². The van der Waals surface area contributed by atoms with E-state index in [9.17, 15) is 0 Å². The van der Waals surface area contributed by atoms with E-state index >= 15 is 0 Å². The summed E-state index contributed by atoms with van der Waals surface area (Å²) in [4.78, 5) is 0. The van der Waals surface area contributed by atoms with Gasteiger partial charge in [-0.2, -0.15) is 0 Å². The second kappa shape index (κ2) is 6.72. The van der Waals surface area contributed by atoms with Crippen LogP contribution >= 0.6 is 15.9 Å². The minimum Gasteiger partial charge on any atom is -0.313 e. The van der Waals surface area contributed by atoms with Crippen molar-refractivity contribution in [3.05, 3.63) is 32.8 Å². The molecule has 0 saturated heterocycles. The fourth-order valence-corrected chi connectivity index (χ4v) is 2.99. The summed E-state index contributed by atoms with van der Waals surface area (Å²) in [5.74, 6) is 0.751. The lowest BCUT2D eigenvalue weighted by Gasteiger charge is -2.25. The van der Waals surface area contributed by atoms with Crippen molar-refractivity contribution in [2.24, 2.45) is 5.92 Å². The molecule has 0 aliphatic carbocycles. The van der Waals surface area contributed by atoms with Gasteiger partial charge in [0.2, 0.25) is 0 Å². The molecule has 0 aliphatic rings. The van der Waals surface area contributed by atoms with E-state index < -0.39 is 0 Å². The Hall–Kier alpha value is -0.340. The molecule has 0 aliphatic heterocycles. The van der Waals surface area contributed by atoms with Crippen molar-refractivity contribution >= 4 is 15.9 Å². The third kappa shape index (κ3) is 3.36. The lowest BCUT2D eigenvalue weighted by Crippen LogP contribution is -2.21. The Morgan fingerprint density at radius 2 is 1.83 bits per heavy atom. The normalized spacial score (nSPS) is 14.6. The van der Waals surface area contributed by atoms with Gasteiger partial charge >= 0.3 is 0 Å². The molecule has 1 aromatic rings. The third-order valence-electron chi connectivity index (χ3n) is 3.97. The predicted octanol–water partition coefficient (Wildman–Crippen LogP) is 5.07. The van der Waals surface area contributed by atoms with Crippen molar-refractivity contribution in [2.45, 2.75) is 53.5 Å². The molecule has 0 amide bonds. The zero-order valence-electron chi connectivity index (χ0n) is 12.5. The van der Waals surface area contributed by atoms with E-state index in [-0.39, 0.29) is 0 Å². The van der Waals surface area contributed by atoms with Crippen LogP contribution in [-0.2, 0) is 0 Å². The molecular formula is C16H26BrN. The molecule has 1 nitrogen and oxygen atoms in total. The van der Waals surface area contributed by atoms with Crippen molar-refractivity contribution in [1.29, 1.82) is 0 Å². The summed E-state index contributed by atoms with van der Waals surface area (Å²) in [6, 6.07) is 2.74. The van der Waals surface area contributed by atoms with Gasteiger partial charge in [0.05, 0.1) is 0 Å². The summed E-state index contributed by atoms with van der Waals surface area (Å²) < 4.78 is 1.26. The number of aryl methyl sites for hydroxylation is 2. The van der Waals surface area contributed by atoms with Crippen molar-refractivity contribution < 1.29 is 0 Å². The van der Waals surface area contributed by atoms with Crippen LogP contribution in [0.4, 0.5) is 0 Å². The molecule has 2 atom stereocenters. The maximum absolute atomic E-state index is 3.72. The van der Waals surface area contributed by atoms with Gasteiger partial charge in [0, 0.05) is 10.5 Å². The van der Waals surface area contributed by atoms with Crippen molar-refractivity contribution in [3.8, 4) is 0 Å². The second-order valence-corrected chi connectivity index (χ2v) is 6.25. The smallest absolute Gasteiger partial charge is 0.0325 e. The molecule has 1 rings (SSSR count). The Balaban J connectivity index is 3.17. The summed E-state index contributed by atoms with van der Waals surface area (Å²) in [5, 5.41) is 3.49. The summed E-state index contributed by atoms with van der Waals surface area (Å²) in [6.45, 7) is 11.2. The fourth-order valence-electron chi connectivity index (χ4n) is 2.66. The van der Waals surface area contributed by atoms with E-state index in [1.165, 1.54) is 39.6 Å². The van der Waals surface area contributed by atoms with Gasteiger partial charge in [-0.05, 0) is 62.4 Å². The summed E-state index contributed by atoms with van der Waals surface area (Å²) >= 11 is 3.72. The lowest BCUT2D eigenvalue weighted by molar-refractivity contribution is 0.419. The van der Waals surface area contributed by atoms with E-state index in [0.29, 0.717) is 6.04 Å². The molecule has 0 aromatic heterocycles. The Morgan fingerprint density at radius 3 is 2.33 bits per heavy atom. The molecule has 0 spiro atoms. The standard InChI is InChI=1S/C16H26BrN/c1-7-10(2)8-14(18-6)15-11(3)9-12(4)16(17)13(15)5/h9-10,14,18H,7-8H2,1-6H3. The third-order valence-corrected chi connectivity index (χ3v) is 5.19. The summed E-state index contributed by atoms with van der Waals surface area (Å²) in [7, 11) is 2.07. The first-order valence-corrected chi connectivity index (χ1v) is 7.65. The number of halogens is 1. The van der Waals surface area contributed by atoms with E-state index in [2.05, 4.69) is 69.0 Å². The van der Waals surface area contributed by atoms with Crippen LogP contribution in [-0.4, -0.2) is 7.05 Å². The number of hydrogen-bond donors (Lipinski definition) is 1. The molecule has 0 saturated carbocycles. The molecular weight excluding hydrogens is 286 g/mol. The van der Waals surface area contributed by atoms with Gasteiger partial charge in [-0.15, -0.1) is 0 Å². The average molecular weight is 312 g/mol. The number of benzene rings is 1. The fraction of sp³-hybridized carbons (Fsp3) is 0.625. The molecule has 0 heterocycles. The SMILES string of the molecule is CCC(C)CC(NC)c1c(C)cc(C)c(Br)c1C. The van der Waals surface area contributed by atoms with Crippen molar-refractivity contribution in [2.75, 3.05) is 7.05 Å². The van der Waals surface area contributed by atoms with E-state index in [4.69, 9.17) is 0 Å². The molecule has 1 N–H and O–H groups in total. The molecule has 2 unspecified atom stereocenters. The Labute approximate surface area is 120 Å². The van der Waals surface area contributed by atoms with Crippen LogP contribution < -0.4 is 5.32 Å². The van der Waals surface area contributed by atoms with Crippen LogP contribution in [0.3, 0.4) is 0 Å². The number of rotatable bonds is 5. The van der Waals surface area contributed by atoms with Crippen LogP contribution in [0.1, 0.15) is 55.0 Å². The monoisotopic (exact) mass is 311 g/mol. The first-order chi connectivity index (χ1) is 8.42. The molecule has 18 heavy (non-hydrogen) atoms. The van der Waals surface area contributed by atoms with Crippen LogP contribution in [0.5, 0.6) is 0 Å². The molecule has 1 aromatic carbocycles. The highest BCUT2D eigenvalue weighted by Gasteiger charge is 2.19. The summed E-state index contributed by atoms with van der Waals surface area (Å²) in [6.07, 6.45) is 2.44. The Kier molecular flexibility index (Phi) is 5.87. The molecule has 0 radical (unpaired) electrons. The first-order valence-electron chi connectivity index (χ1n) is 6.85. The van der Waals surface area contributed by atoms with Crippen LogP contribution in [0.25, 0.3) is 0 Å². The maximum atomic E-state index is 3.72. The average Bonchev–Trinajstić information content (AvgIpc) is 2.34. The number of hydrogen-bond acceptors (Lipinski definition) is 1. The van der Waals surface area contributed by atoms with Gasteiger partial charge in [0.25, 0.3) is 0 Å². The molecule has 0 bridgehead atoms. The topological polar surface area (TPSA) is 12.0 Å². The second-order valence-electron chi connectivity index (χ2n) is 5.45. The predicted molar refractivity (Wildman–Crippen MR) is 84.2 cm³/mol. The largest absolute Gasteiger partial charge is 0.313 e. The van der Waals surface area contributed by atoms with Gasteiger partial charge in [-0.25, -0.2) is 0 Å². The van der Waals surface area contributed by atoms with Gasteiger partial charge in [-0.1, -0.05) is 42.3 Å².